The van der Waals surface area contributed by atoms with Gasteiger partial charge < -0.3 is 10.1 Å². The molecule has 0 fully saturated rings. The van der Waals surface area contributed by atoms with Crippen LogP contribution in [0.2, 0.25) is 5.02 Å². The molecule has 0 radical (unpaired) electrons. The van der Waals surface area contributed by atoms with Crippen molar-refractivity contribution in [3.63, 3.8) is 0 Å². The molecule has 0 aromatic heterocycles. The Bertz CT molecular complexity index is 1280. The monoisotopic (exact) mass is 539 g/mol. The fourth-order valence-corrected chi connectivity index (χ4v) is 3.27. The van der Waals surface area contributed by atoms with Gasteiger partial charge in [-0.1, -0.05) is 63.9 Å². The minimum absolute atomic E-state index is 0.225. The van der Waals surface area contributed by atoms with Gasteiger partial charge in [-0.25, -0.2) is 10.2 Å². The third-order valence-electron chi connectivity index (χ3n) is 4.49. The van der Waals surface area contributed by atoms with Gasteiger partial charge in [0.2, 0.25) is 0 Å². The first-order valence-corrected chi connectivity index (χ1v) is 11.1. The van der Waals surface area contributed by atoms with Gasteiger partial charge in [0.1, 0.15) is 5.75 Å². The smallest absolute Gasteiger partial charge is 0.336 e. The normalized spacial score (nSPS) is 10.9. The van der Waals surface area contributed by atoms with Crippen LogP contribution >= 0.6 is 27.5 Å². The summed E-state index contributed by atoms with van der Waals surface area (Å²) in [5.74, 6) is -2.24. The lowest BCUT2D eigenvalue weighted by Gasteiger charge is -2.08. The Morgan fingerprint density at radius 3 is 2.53 bits per heavy atom. The summed E-state index contributed by atoms with van der Waals surface area (Å²) in [6, 6.07) is 19.2. The van der Waals surface area contributed by atoms with Crippen LogP contribution in [0.3, 0.4) is 0 Å². The summed E-state index contributed by atoms with van der Waals surface area (Å²) in [7, 11) is 0. The van der Waals surface area contributed by atoms with Gasteiger partial charge in [-0.3, -0.25) is 9.59 Å². The summed E-state index contributed by atoms with van der Waals surface area (Å²) in [6.45, 7) is 1.72. The average Bonchev–Trinajstić information content (AvgIpc) is 2.83. The molecule has 3 aromatic rings. The number of nitrogens with zero attached hydrogens (tertiary/aromatic N) is 1. The molecule has 0 atom stereocenters. The number of rotatable bonds is 6. The van der Waals surface area contributed by atoms with E-state index in [1.54, 1.807) is 49.4 Å². The van der Waals surface area contributed by atoms with E-state index < -0.39 is 17.8 Å². The second kappa shape index (κ2) is 11.9. The quantitative estimate of drug-likeness (QED) is 0.113. The van der Waals surface area contributed by atoms with Crippen molar-refractivity contribution in [3.05, 3.63) is 99.0 Å². The maximum Gasteiger partial charge on any atom is 0.336 e. The van der Waals surface area contributed by atoms with Crippen molar-refractivity contribution in [1.29, 1.82) is 0 Å². The van der Waals surface area contributed by atoms with Gasteiger partial charge in [-0.15, -0.1) is 0 Å². The zero-order chi connectivity index (χ0) is 24.5. The van der Waals surface area contributed by atoms with E-state index in [9.17, 15) is 14.4 Å². The predicted octanol–water partition coefficient (Wildman–Crippen LogP) is 5.12. The molecule has 3 rings (SSSR count). The Hall–Kier alpha value is -3.75. The van der Waals surface area contributed by atoms with Gasteiger partial charge in [-0.05, 0) is 54.5 Å². The number of hydrogen-bond acceptors (Lipinski definition) is 5. The summed E-state index contributed by atoms with van der Waals surface area (Å²) < 4.78 is 6.09. The topological polar surface area (TPSA) is 96.9 Å². The number of hydrazone groups is 1. The van der Waals surface area contributed by atoms with Crippen molar-refractivity contribution in [1.82, 2.24) is 5.43 Å². The molecule has 0 aliphatic heterocycles. The Labute approximate surface area is 209 Å². The number of benzene rings is 3. The highest BCUT2D eigenvalue weighted by Crippen LogP contribution is 2.23. The second-order valence-electron chi connectivity index (χ2n) is 6.91. The van der Waals surface area contributed by atoms with E-state index >= 15 is 0 Å². The first-order chi connectivity index (χ1) is 16.3. The lowest BCUT2D eigenvalue weighted by Crippen LogP contribution is -2.32. The summed E-state index contributed by atoms with van der Waals surface area (Å²) >= 11 is 9.36. The molecular weight excluding hydrogens is 522 g/mol. The molecule has 172 valence electrons. The van der Waals surface area contributed by atoms with Gasteiger partial charge in [0.25, 0.3) is 0 Å². The number of amides is 2. The van der Waals surface area contributed by atoms with Crippen molar-refractivity contribution in [2.45, 2.75) is 6.92 Å². The average molecular weight is 541 g/mol. The van der Waals surface area contributed by atoms with Crippen molar-refractivity contribution in [2.24, 2.45) is 5.10 Å². The van der Waals surface area contributed by atoms with Crippen LogP contribution in [0.15, 0.2) is 82.4 Å². The van der Waals surface area contributed by atoms with Crippen LogP contribution in [0.1, 0.15) is 16.7 Å². The van der Waals surface area contributed by atoms with Crippen molar-refractivity contribution >= 4 is 63.3 Å². The Kier molecular flexibility index (Phi) is 8.73. The van der Waals surface area contributed by atoms with E-state index in [2.05, 4.69) is 31.8 Å². The number of carbonyl (C=O) groups is 3. The highest BCUT2D eigenvalue weighted by Gasteiger charge is 2.15. The molecule has 0 unspecified atom stereocenters. The molecule has 2 amide bonds. The molecule has 34 heavy (non-hydrogen) atoms. The molecule has 0 aliphatic rings. The maximum atomic E-state index is 12.2. The lowest BCUT2D eigenvalue weighted by atomic mass is 10.2. The fourth-order valence-electron chi connectivity index (χ4n) is 2.72. The molecule has 0 saturated carbocycles. The third-order valence-corrected chi connectivity index (χ3v) is 5.39. The highest BCUT2D eigenvalue weighted by atomic mass is 79.9. The minimum Gasteiger partial charge on any atom is -0.423 e. The van der Waals surface area contributed by atoms with Crippen molar-refractivity contribution in [2.75, 3.05) is 5.32 Å². The molecule has 9 heteroatoms. The van der Waals surface area contributed by atoms with E-state index in [-0.39, 0.29) is 5.75 Å². The summed E-state index contributed by atoms with van der Waals surface area (Å²) in [5.41, 5.74) is 4.46. The van der Waals surface area contributed by atoms with E-state index in [1.807, 2.05) is 30.3 Å². The first kappa shape index (κ1) is 24.9. The molecular formula is C25H19BrClN3O4. The molecule has 0 heterocycles. The zero-order valence-electron chi connectivity index (χ0n) is 17.9. The van der Waals surface area contributed by atoms with Crippen LogP contribution in [0.4, 0.5) is 5.69 Å². The Balaban J connectivity index is 1.63. The number of esters is 1. The number of nitrogens with one attached hydrogen (secondary N) is 2. The molecule has 7 nitrogen and oxygen atoms in total. The van der Waals surface area contributed by atoms with E-state index in [1.165, 1.54) is 12.3 Å². The molecule has 2 N–H and O–H groups in total. The van der Waals surface area contributed by atoms with Gasteiger partial charge in [0.15, 0.2) is 0 Å². The van der Waals surface area contributed by atoms with Crippen LogP contribution in [0, 0.1) is 6.92 Å². The van der Waals surface area contributed by atoms with Gasteiger partial charge in [-0.2, -0.15) is 5.10 Å². The summed E-state index contributed by atoms with van der Waals surface area (Å²) in [4.78, 5) is 36.5. The zero-order valence-corrected chi connectivity index (χ0v) is 20.3. The highest BCUT2D eigenvalue weighted by molar-refractivity contribution is 9.10. The van der Waals surface area contributed by atoms with Gasteiger partial charge in [0, 0.05) is 26.8 Å². The summed E-state index contributed by atoms with van der Waals surface area (Å²) in [5, 5.41) is 6.75. The van der Waals surface area contributed by atoms with Crippen LogP contribution < -0.4 is 15.5 Å². The number of ether oxygens (including phenoxy) is 1. The van der Waals surface area contributed by atoms with Gasteiger partial charge >= 0.3 is 17.8 Å². The minimum atomic E-state index is -0.977. The molecule has 0 bridgehead atoms. The standard InChI is InChI=1S/C25H19BrClN3O4/c1-16-20(27)8-5-9-21(16)29-24(32)25(33)30-28-15-18-14-19(26)11-12-22(18)34-23(31)13-10-17-6-3-2-4-7-17/h2-15H,1H3,(H,29,32)(H,30,33). The number of carbonyl (C=O) groups excluding carboxylic acids is 3. The Morgan fingerprint density at radius 2 is 1.76 bits per heavy atom. The van der Waals surface area contributed by atoms with E-state index in [0.717, 1.165) is 5.56 Å². The number of anilines is 1. The second-order valence-corrected chi connectivity index (χ2v) is 8.24. The number of halogens is 2. The molecule has 0 spiro atoms. The fraction of sp³-hybridized carbons (Fsp3) is 0.0400. The number of hydrogen-bond donors (Lipinski definition) is 2. The molecule has 0 aliphatic carbocycles. The predicted molar refractivity (Wildman–Crippen MR) is 136 cm³/mol. The lowest BCUT2D eigenvalue weighted by molar-refractivity contribution is -0.136. The largest absolute Gasteiger partial charge is 0.423 e. The SMILES string of the molecule is Cc1c(Cl)cccc1NC(=O)C(=O)NN=Cc1cc(Br)ccc1OC(=O)C=Cc1ccccc1. The summed E-state index contributed by atoms with van der Waals surface area (Å²) in [6.07, 6.45) is 4.21. The van der Waals surface area contributed by atoms with E-state index in [0.29, 0.717) is 26.3 Å². The van der Waals surface area contributed by atoms with Crippen molar-refractivity contribution < 1.29 is 19.1 Å². The maximum absolute atomic E-state index is 12.2. The van der Waals surface area contributed by atoms with Crippen LogP contribution in [-0.4, -0.2) is 24.0 Å². The van der Waals surface area contributed by atoms with Gasteiger partial charge in [0.05, 0.1) is 6.21 Å². The molecule has 3 aromatic carbocycles. The molecule has 0 saturated heterocycles. The van der Waals surface area contributed by atoms with Crippen molar-refractivity contribution in [3.8, 4) is 5.75 Å². The van der Waals surface area contributed by atoms with Crippen LogP contribution in [0.25, 0.3) is 6.08 Å². The van der Waals surface area contributed by atoms with Crippen LogP contribution in [-0.2, 0) is 14.4 Å². The third kappa shape index (κ3) is 7.13. The van der Waals surface area contributed by atoms with Crippen LogP contribution in [0.5, 0.6) is 5.75 Å². The first-order valence-electron chi connectivity index (χ1n) is 9.97. The Morgan fingerprint density at radius 1 is 1.00 bits per heavy atom. The van der Waals surface area contributed by atoms with E-state index in [4.69, 9.17) is 16.3 Å².